The molecule has 5 heteroatoms. The third kappa shape index (κ3) is 5.02. The van der Waals surface area contributed by atoms with E-state index in [0.29, 0.717) is 23.9 Å². The fourth-order valence-corrected chi connectivity index (χ4v) is 1.97. The summed E-state index contributed by atoms with van der Waals surface area (Å²) in [4.78, 5) is 14.0. The average Bonchev–Trinajstić information content (AvgIpc) is 2.40. The predicted octanol–water partition coefficient (Wildman–Crippen LogP) is 2.99. The van der Waals surface area contributed by atoms with E-state index in [-0.39, 0.29) is 5.91 Å². The third-order valence-corrected chi connectivity index (χ3v) is 3.14. The Morgan fingerprint density at radius 2 is 1.90 bits per heavy atom. The van der Waals surface area contributed by atoms with Gasteiger partial charge >= 0.3 is 0 Å². The minimum absolute atomic E-state index is 0.0662. The molecule has 1 aromatic carbocycles. The molecule has 0 radical (unpaired) electrons. The minimum Gasteiger partial charge on any atom is -0.478 e. The Hall–Kier alpha value is -1.26. The summed E-state index contributed by atoms with van der Waals surface area (Å²) >= 11 is 5.82. The van der Waals surface area contributed by atoms with Crippen molar-refractivity contribution in [2.45, 2.75) is 25.9 Å². The first-order valence-corrected chi connectivity index (χ1v) is 6.93. The van der Waals surface area contributed by atoms with Crippen LogP contribution in [-0.4, -0.2) is 43.7 Å². The van der Waals surface area contributed by atoms with Gasteiger partial charge in [-0.1, -0.05) is 11.6 Å². The van der Waals surface area contributed by atoms with Crippen LogP contribution in [0.25, 0.3) is 0 Å². The Morgan fingerprint density at radius 3 is 2.45 bits per heavy atom. The maximum Gasteiger partial charge on any atom is 0.265 e. The molecule has 112 valence electrons. The highest BCUT2D eigenvalue weighted by molar-refractivity contribution is 6.30. The van der Waals surface area contributed by atoms with Gasteiger partial charge in [-0.05, 0) is 44.5 Å². The first kappa shape index (κ1) is 16.8. The highest BCUT2D eigenvalue weighted by Gasteiger charge is 2.32. The van der Waals surface area contributed by atoms with Crippen LogP contribution in [0.4, 0.5) is 0 Å². The van der Waals surface area contributed by atoms with Crippen LogP contribution >= 0.6 is 11.6 Å². The summed E-state index contributed by atoms with van der Waals surface area (Å²) in [6.07, 6.45) is 0.801. The smallest absolute Gasteiger partial charge is 0.265 e. The zero-order chi connectivity index (χ0) is 15.2. The van der Waals surface area contributed by atoms with Crippen LogP contribution in [0, 0.1) is 0 Å². The minimum atomic E-state index is -0.921. The van der Waals surface area contributed by atoms with E-state index in [0.717, 1.165) is 6.42 Å². The summed E-state index contributed by atoms with van der Waals surface area (Å²) in [7, 11) is 3.42. The number of halogens is 1. The molecule has 0 fully saturated rings. The van der Waals surface area contributed by atoms with Crippen molar-refractivity contribution in [2.24, 2.45) is 0 Å². The number of hydrogen-bond acceptors (Lipinski definition) is 3. The van der Waals surface area contributed by atoms with E-state index in [1.165, 1.54) is 0 Å². The van der Waals surface area contributed by atoms with Gasteiger partial charge in [0.25, 0.3) is 5.91 Å². The zero-order valence-corrected chi connectivity index (χ0v) is 13.2. The number of methoxy groups -OCH3 is 1. The van der Waals surface area contributed by atoms with Crippen LogP contribution in [0.3, 0.4) is 0 Å². The van der Waals surface area contributed by atoms with Crippen LogP contribution < -0.4 is 4.74 Å². The molecule has 0 aliphatic rings. The molecule has 0 aliphatic heterocycles. The first-order chi connectivity index (χ1) is 9.36. The number of ether oxygens (including phenoxy) is 2. The molecule has 0 saturated heterocycles. The summed E-state index contributed by atoms with van der Waals surface area (Å²) in [5.41, 5.74) is -0.921. The van der Waals surface area contributed by atoms with Crippen molar-refractivity contribution in [2.75, 3.05) is 27.3 Å². The first-order valence-electron chi connectivity index (χ1n) is 6.56. The Bertz CT molecular complexity index is 431. The van der Waals surface area contributed by atoms with Crippen molar-refractivity contribution in [1.29, 1.82) is 0 Å². The van der Waals surface area contributed by atoms with Crippen LogP contribution in [0.2, 0.25) is 5.02 Å². The van der Waals surface area contributed by atoms with Gasteiger partial charge in [0.2, 0.25) is 0 Å². The molecule has 0 unspecified atom stereocenters. The number of benzene rings is 1. The molecule has 1 aromatic rings. The van der Waals surface area contributed by atoms with Crippen molar-refractivity contribution in [3.8, 4) is 5.75 Å². The lowest BCUT2D eigenvalue weighted by atomic mass is 10.1. The van der Waals surface area contributed by atoms with Gasteiger partial charge in [-0.3, -0.25) is 4.79 Å². The molecule has 4 nitrogen and oxygen atoms in total. The highest BCUT2D eigenvalue weighted by Crippen LogP contribution is 2.22. The molecule has 0 saturated carbocycles. The molecule has 20 heavy (non-hydrogen) atoms. The van der Waals surface area contributed by atoms with Crippen LogP contribution in [0.1, 0.15) is 20.3 Å². The quantitative estimate of drug-likeness (QED) is 0.727. The maximum absolute atomic E-state index is 12.4. The largest absolute Gasteiger partial charge is 0.478 e. The van der Waals surface area contributed by atoms with Gasteiger partial charge in [0.05, 0.1) is 0 Å². The van der Waals surface area contributed by atoms with Crippen LogP contribution in [-0.2, 0) is 9.53 Å². The van der Waals surface area contributed by atoms with Gasteiger partial charge in [-0.15, -0.1) is 0 Å². The van der Waals surface area contributed by atoms with E-state index < -0.39 is 5.60 Å². The molecule has 0 N–H and O–H groups in total. The zero-order valence-electron chi connectivity index (χ0n) is 12.5. The third-order valence-electron chi connectivity index (χ3n) is 2.89. The summed E-state index contributed by atoms with van der Waals surface area (Å²) in [5.74, 6) is 0.557. The molecule has 0 bridgehead atoms. The second-order valence-corrected chi connectivity index (χ2v) is 5.58. The van der Waals surface area contributed by atoms with E-state index in [2.05, 4.69) is 0 Å². The van der Waals surface area contributed by atoms with Gasteiger partial charge in [0, 0.05) is 32.3 Å². The average molecular weight is 300 g/mol. The van der Waals surface area contributed by atoms with E-state index in [1.54, 1.807) is 57.2 Å². The van der Waals surface area contributed by atoms with Gasteiger partial charge in [-0.25, -0.2) is 0 Å². The fourth-order valence-electron chi connectivity index (χ4n) is 1.85. The Labute approximate surface area is 125 Å². The highest BCUT2D eigenvalue weighted by atomic mass is 35.5. The number of likely N-dealkylation sites (N-methyl/N-ethyl adjacent to an activating group) is 1. The van der Waals surface area contributed by atoms with Gasteiger partial charge in [-0.2, -0.15) is 0 Å². The molecule has 0 atom stereocenters. The normalized spacial score (nSPS) is 11.2. The number of carbonyl (C=O) groups is 1. The lowest BCUT2D eigenvalue weighted by Gasteiger charge is -2.30. The molecule has 0 aliphatic carbocycles. The molecule has 1 amide bonds. The fraction of sp³-hybridized carbons (Fsp3) is 0.533. The number of carbonyl (C=O) groups excluding carboxylic acids is 1. The summed E-state index contributed by atoms with van der Waals surface area (Å²) in [6, 6.07) is 6.98. The lowest BCUT2D eigenvalue weighted by Crippen LogP contribution is -2.47. The molecular formula is C15H22ClNO3. The summed E-state index contributed by atoms with van der Waals surface area (Å²) in [5, 5.41) is 0.637. The number of rotatable bonds is 7. The molecule has 1 rings (SSSR count). The standard InChI is InChI=1S/C15H22ClNO3/c1-15(2,14(18)17(3)10-5-11-19-4)20-13-8-6-12(16)7-9-13/h6-9H,5,10-11H2,1-4H3. The Kier molecular flexibility index (Phi) is 6.30. The van der Waals surface area contributed by atoms with Gasteiger partial charge in [0.1, 0.15) is 5.75 Å². The van der Waals surface area contributed by atoms with Crippen molar-refractivity contribution in [1.82, 2.24) is 4.90 Å². The van der Waals surface area contributed by atoms with Gasteiger partial charge in [0.15, 0.2) is 5.60 Å². The van der Waals surface area contributed by atoms with Crippen molar-refractivity contribution >= 4 is 17.5 Å². The molecular weight excluding hydrogens is 278 g/mol. The van der Waals surface area contributed by atoms with Crippen molar-refractivity contribution in [3.63, 3.8) is 0 Å². The second kappa shape index (κ2) is 7.50. The molecule has 0 aromatic heterocycles. The summed E-state index contributed by atoms with van der Waals surface area (Å²) < 4.78 is 10.7. The van der Waals surface area contributed by atoms with E-state index in [1.807, 2.05) is 0 Å². The summed E-state index contributed by atoms with van der Waals surface area (Å²) in [6.45, 7) is 4.80. The number of hydrogen-bond donors (Lipinski definition) is 0. The van der Waals surface area contributed by atoms with Crippen LogP contribution in [0.5, 0.6) is 5.75 Å². The second-order valence-electron chi connectivity index (χ2n) is 5.14. The molecule has 0 heterocycles. The monoisotopic (exact) mass is 299 g/mol. The Morgan fingerprint density at radius 1 is 1.30 bits per heavy atom. The van der Waals surface area contributed by atoms with E-state index >= 15 is 0 Å². The van der Waals surface area contributed by atoms with Crippen molar-refractivity contribution in [3.05, 3.63) is 29.3 Å². The van der Waals surface area contributed by atoms with Gasteiger partial charge < -0.3 is 14.4 Å². The SMILES string of the molecule is COCCCN(C)C(=O)C(C)(C)Oc1ccc(Cl)cc1. The topological polar surface area (TPSA) is 38.8 Å². The molecule has 0 spiro atoms. The number of nitrogens with zero attached hydrogens (tertiary/aromatic N) is 1. The Balaban J connectivity index is 2.62. The maximum atomic E-state index is 12.4. The van der Waals surface area contributed by atoms with E-state index in [4.69, 9.17) is 21.1 Å². The number of amides is 1. The predicted molar refractivity (Wildman–Crippen MR) is 80.3 cm³/mol. The lowest BCUT2D eigenvalue weighted by molar-refractivity contribution is -0.144. The van der Waals surface area contributed by atoms with E-state index in [9.17, 15) is 4.79 Å². The van der Waals surface area contributed by atoms with Crippen molar-refractivity contribution < 1.29 is 14.3 Å². The van der Waals surface area contributed by atoms with Crippen LogP contribution in [0.15, 0.2) is 24.3 Å².